The van der Waals surface area contributed by atoms with Gasteiger partial charge in [0.05, 0.1) is 5.69 Å². The first-order valence-electron chi connectivity index (χ1n) is 9.12. The Morgan fingerprint density at radius 3 is 2.63 bits per heavy atom. The van der Waals surface area contributed by atoms with Crippen LogP contribution in [0.1, 0.15) is 11.6 Å². The van der Waals surface area contributed by atoms with Crippen LogP contribution >= 0.6 is 0 Å². The number of aryl methyl sites for hydroxylation is 1. The smallest absolute Gasteiger partial charge is 0.194 e. The number of benzene rings is 1. The molecule has 1 aromatic carbocycles. The Kier molecular flexibility index (Phi) is 5.95. The second kappa shape index (κ2) is 8.57. The summed E-state index contributed by atoms with van der Waals surface area (Å²) < 4.78 is 1.95. The summed E-state index contributed by atoms with van der Waals surface area (Å²) in [6, 6.07) is 7.46. The van der Waals surface area contributed by atoms with E-state index in [0.29, 0.717) is 18.8 Å². The first-order valence-corrected chi connectivity index (χ1v) is 9.12. The summed E-state index contributed by atoms with van der Waals surface area (Å²) in [5.74, 6) is 2.87. The predicted molar refractivity (Wildman–Crippen MR) is 107 cm³/mol. The Balaban J connectivity index is 1.67. The highest BCUT2D eigenvalue weighted by molar-refractivity contribution is 5.80. The Morgan fingerprint density at radius 1 is 1.26 bits per heavy atom. The van der Waals surface area contributed by atoms with Crippen LogP contribution in [0.5, 0.6) is 5.75 Å². The molecule has 144 valence electrons. The molecule has 0 saturated carbocycles. The van der Waals surface area contributed by atoms with Gasteiger partial charge in [-0.1, -0.05) is 18.2 Å². The van der Waals surface area contributed by atoms with E-state index in [-0.39, 0.29) is 0 Å². The molecular formula is C19H27N7O. The monoisotopic (exact) mass is 369 g/mol. The Bertz CT molecular complexity index is 806. The molecule has 0 bridgehead atoms. The number of phenolic OH excluding ortho intramolecular Hbond substituents is 1. The number of anilines is 1. The van der Waals surface area contributed by atoms with Crippen molar-refractivity contribution in [3.8, 4) is 5.75 Å². The summed E-state index contributed by atoms with van der Waals surface area (Å²) in [4.78, 5) is 9.16. The van der Waals surface area contributed by atoms with Gasteiger partial charge in [-0.15, -0.1) is 16.8 Å². The van der Waals surface area contributed by atoms with Crippen molar-refractivity contribution in [3.05, 3.63) is 48.6 Å². The zero-order valence-corrected chi connectivity index (χ0v) is 16.0. The van der Waals surface area contributed by atoms with E-state index in [0.717, 1.165) is 49.5 Å². The van der Waals surface area contributed by atoms with Crippen molar-refractivity contribution in [1.29, 1.82) is 0 Å². The second-order valence-corrected chi connectivity index (χ2v) is 6.49. The number of aliphatic imine (C=N–C) groups is 1. The zero-order chi connectivity index (χ0) is 19.2. The maximum atomic E-state index is 10.1. The lowest BCUT2D eigenvalue weighted by atomic mass is 10.2. The third-order valence-electron chi connectivity index (χ3n) is 4.76. The second-order valence-electron chi connectivity index (χ2n) is 6.49. The summed E-state index contributed by atoms with van der Waals surface area (Å²) in [6.45, 7) is 10.1. The van der Waals surface area contributed by atoms with E-state index < -0.39 is 0 Å². The van der Waals surface area contributed by atoms with Gasteiger partial charge < -0.3 is 24.8 Å². The fourth-order valence-electron chi connectivity index (χ4n) is 3.06. The minimum absolute atomic E-state index is 0.322. The molecule has 8 heteroatoms. The van der Waals surface area contributed by atoms with Gasteiger partial charge in [0.25, 0.3) is 0 Å². The first kappa shape index (κ1) is 18.8. The number of aromatic hydroxyl groups is 1. The molecule has 1 fully saturated rings. The number of guanidine groups is 1. The molecule has 0 unspecified atom stereocenters. The van der Waals surface area contributed by atoms with E-state index in [4.69, 9.17) is 4.99 Å². The number of hydrogen-bond donors (Lipinski definition) is 2. The number of rotatable bonds is 5. The van der Waals surface area contributed by atoms with Crippen LogP contribution in [-0.2, 0) is 13.6 Å². The average molecular weight is 369 g/mol. The normalized spacial score (nSPS) is 15.1. The number of hydrogen-bond acceptors (Lipinski definition) is 5. The van der Waals surface area contributed by atoms with Crippen molar-refractivity contribution in [2.24, 2.45) is 12.0 Å². The Labute approximate surface area is 159 Å². The van der Waals surface area contributed by atoms with Gasteiger partial charge in [-0.25, -0.2) is 4.99 Å². The van der Waals surface area contributed by atoms with Crippen LogP contribution in [0.3, 0.4) is 0 Å². The van der Waals surface area contributed by atoms with Gasteiger partial charge in [0.1, 0.15) is 18.1 Å². The lowest BCUT2D eigenvalue weighted by Gasteiger charge is -2.37. The van der Waals surface area contributed by atoms with Gasteiger partial charge in [0.15, 0.2) is 11.8 Å². The van der Waals surface area contributed by atoms with E-state index in [9.17, 15) is 5.11 Å². The average Bonchev–Trinajstić information content (AvgIpc) is 3.01. The van der Waals surface area contributed by atoms with Crippen molar-refractivity contribution in [1.82, 2.24) is 25.0 Å². The Morgan fingerprint density at radius 2 is 2.00 bits per heavy atom. The van der Waals surface area contributed by atoms with Gasteiger partial charge >= 0.3 is 0 Å². The molecule has 0 amide bonds. The maximum Gasteiger partial charge on any atom is 0.194 e. The molecule has 1 aliphatic rings. The van der Waals surface area contributed by atoms with Gasteiger partial charge in [-0.3, -0.25) is 0 Å². The highest BCUT2D eigenvalue weighted by atomic mass is 16.3. The van der Waals surface area contributed by atoms with E-state index in [1.54, 1.807) is 6.07 Å². The molecule has 8 nitrogen and oxygen atoms in total. The molecule has 0 aliphatic carbocycles. The minimum Gasteiger partial charge on any atom is -0.506 e. The van der Waals surface area contributed by atoms with Crippen molar-refractivity contribution in [3.63, 3.8) is 0 Å². The Hall–Kier alpha value is -3.03. The van der Waals surface area contributed by atoms with Crippen LogP contribution in [-0.4, -0.2) is 63.5 Å². The molecule has 0 atom stereocenters. The van der Waals surface area contributed by atoms with Gasteiger partial charge in [0, 0.05) is 39.8 Å². The van der Waals surface area contributed by atoms with E-state index >= 15 is 0 Å². The fourth-order valence-corrected chi connectivity index (χ4v) is 3.06. The van der Waals surface area contributed by atoms with E-state index in [1.807, 2.05) is 42.8 Å². The molecule has 3 rings (SSSR count). The minimum atomic E-state index is 0.322. The highest BCUT2D eigenvalue weighted by Gasteiger charge is 2.21. The third-order valence-corrected chi connectivity index (χ3v) is 4.76. The van der Waals surface area contributed by atoms with Crippen molar-refractivity contribution < 1.29 is 5.11 Å². The molecular weight excluding hydrogens is 342 g/mol. The first-order chi connectivity index (χ1) is 13.1. The van der Waals surface area contributed by atoms with Gasteiger partial charge in [0.2, 0.25) is 0 Å². The van der Waals surface area contributed by atoms with Crippen LogP contribution < -0.4 is 10.2 Å². The van der Waals surface area contributed by atoms with Crippen LogP contribution in [0.2, 0.25) is 0 Å². The number of nitrogens with zero attached hydrogens (tertiary/aromatic N) is 6. The fraction of sp³-hybridized carbons (Fsp3) is 0.421. The highest BCUT2D eigenvalue weighted by Crippen LogP contribution is 2.27. The molecule has 27 heavy (non-hydrogen) atoms. The van der Waals surface area contributed by atoms with Crippen molar-refractivity contribution >= 4 is 11.6 Å². The summed E-state index contributed by atoms with van der Waals surface area (Å²) in [5.41, 5.74) is 0.879. The number of nitrogens with one attached hydrogen (secondary N) is 1. The van der Waals surface area contributed by atoms with E-state index in [2.05, 4.69) is 31.9 Å². The lowest BCUT2D eigenvalue weighted by molar-refractivity contribution is 0.370. The number of aromatic nitrogens is 3. The van der Waals surface area contributed by atoms with Crippen LogP contribution in [0.25, 0.3) is 0 Å². The molecule has 1 aliphatic heterocycles. The SMILES string of the molecule is C=CCNC(=NCc1nnc(C)n1C)N1CCN(c2ccccc2O)CC1. The summed E-state index contributed by atoms with van der Waals surface area (Å²) in [6.07, 6.45) is 1.82. The molecule has 1 saturated heterocycles. The molecule has 2 heterocycles. The summed E-state index contributed by atoms with van der Waals surface area (Å²) in [7, 11) is 1.95. The van der Waals surface area contributed by atoms with Crippen LogP contribution in [0.15, 0.2) is 41.9 Å². The maximum absolute atomic E-state index is 10.1. The number of phenols is 1. The quantitative estimate of drug-likeness (QED) is 0.469. The van der Waals surface area contributed by atoms with Gasteiger partial charge in [-0.2, -0.15) is 0 Å². The summed E-state index contributed by atoms with van der Waals surface area (Å²) >= 11 is 0. The summed E-state index contributed by atoms with van der Waals surface area (Å²) in [5, 5.41) is 21.7. The molecule has 2 aromatic rings. The number of para-hydroxylation sites is 2. The topological polar surface area (TPSA) is 81.8 Å². The zero-order valence-electron chi connectivity index (χ0n) is 16.0. The largest absolute Gasteiger partial charge is 0.506 e. The standard InChI is InChI=1S/C19H27N7O/c1-4-9-20-19(21-14-18-23-22-15(2)24(18)3)26-12-10-25(11-13-26)16-7-5-6-8-17(16)27/h4-8,27H,1,9-14H2,2-3H3,(H,20,21). The lowest BCUT2D eigenvalue weighted by Crippen LogP contribution is -2.52. The molecule has 0 radical (unpaired) electrons. The van der Waals surface area contributed by atoms with Crippen LogP contribution in [0.4, 0.5) is 5.69 Å². The molecule has 0 spiro atoms. The third kappa shape index (κ3) is 4.39. The van der Waals surface area contributed by atoms with E-state index in [1.165, 1.54) is 0 Å². The molecule has 1 aromatic heterocycles. The number of piperazine rings is 1. The molecule has 2 N–H and O–H groups in total. The predicted octanol–water partition coefficient (Wildman–Crippen LogP) is 1.28. The van der Waals surface area contributed by atoms with Crippen LogP contribution in [0, 0.1) is 6.92 Å². The van der Waals surface area contributed by atoms with Crippen molar-refractivity contribution in [2.45, 2.75) is 13.5 Å². The van der Waals surface area contributed by atoms with Gasteiger partial charge in [-0.05, 0) is 19.1 Å². The van der Waals surface area contributed by atoms with Crippen molar-refractivity contribution in [2.75, 3.05) is 37.6 Å².